The number of piperidine rings is 1. The van der Waals surface area contributed by atoms with Gasteiger partial charge in [0.1, 0.15) is 0 Å². The smallest absolute Gasteiger partial charge is 0.225 e. The molecule has 0 bridgehead atoms. The van der Waals surface area contributed by atoms with Crippen LogP contribution in [0.3, 0.4) is 0 Å². The molecule has 0 aromatic heterocycles. The van der Waals surface area contributed by atoms with Crippen molar-refractivity contribution < 1.29 is 9.53 Å². The van der Waals surface area contributed by atoms with Crippen LogP contribution in [0.25, 0.3) is 0 Å². The number of ether oxygens (including phenoxy) is 1. The monoisotopic (exact) mass is 336 g/mol. The third kappa shape index (κ3) is 4.69. The first-order valence-electron chi connectivity index (χ1n) is 8.53. The molecule has 1 aromatic carbocycles. The molecule has 1 aromatic rings. The summed E-state index contributed by atoms with van der Waals surface area (Å²) in [5.74, 6) is 0.820. The molecule has 1 amide bonds. The van der Waals surface area contributed by atoms with Gasteiger partial charge in [0.05, 0.1) is 12.5 Å². The van der Waals surface area contributed by atoms with Crippen molar-refractivity contribution in [3.63, 3.8) is 0 Å². The van der Waals surface area contributed by atoms with E-state index < -0.39 is 0 Å². The minimum atomic E-state index is 0.0651. The van der Waals surface area contributed by atoms with Crippen LogP contribution in [0.2, 0.25) is 5.02 Å². The van der Waals surface area contributed by atoms with E-state index in [1.807, 2.05) is 18.2 Å². The molecule has 4 nitrogen and oxygen atoms in total. The Morgan fingerprint density at radius 1 is 1.26 bits per heavy atom. The number of halogens is 1. The number of carbonyl (C=O) groups is 1. The Kier molecular flexibility index (Phi) is 5.92. The lowest BCUT2D eigenvalue weighted by Gasteiger charge is -2.32. The highest BCUT2D eigenvalue weighted by atomic mass is 35.5. The minimum Gasteiger partial charge on any atom is -0.381 e. The van der Waals surface area contributed by atoms with Gasteiger partial charge in [-0.2, -0.15) is 0 Å². The average Bonchev–Trinajstić information content (AvgIpc) is 3.11. The van der Waals surface area contributed by atoms with Crippen molar-refractivity contribution in [3.8, 4) is 0 Å². The number of rotatable bonds is 5. The van der Waals surface area contributed by atoms with Gasteiger partial charge in [-0.15, -0.1) is 0 Å². The maximum Gasteiger partial charge on any atom is 0.225 e. The summed E-state index contributed by atoms with van der Waals surface area (Å²) in [5.41, 5.74) is 1.20. The first kappa shape index (κ1) is 16.7. The van der Waals surface area contributed by atoms with E-state index in [4.69, 9.17) is 16.3 Å². The molecule has 2 saturated heterocycles. The van der Waals surface area contributed by atoms with Gasteiger partial charge in [0, 0.05) is 24.7 Å². The van der Waals surface area contributed by atoms with Crippen molar-refractivity contribution in [1.82, 2.24) is 10.2 Å². The quantitative estimate of drug-likeness (QED) is 0.899. The Bertz CT molecular complexity index is 524. The van der Waals surface area contributed by atoms with Crippen molar-refractivity contribution in [2.24, 2.45) is 11.8 Å². The number of amides is 1. The van der Waals surface area contributed by atoms with Crippen molar-refractivity contribution in [2.45, 2.75) is 25.8 Å². The number of carbonyl (C=O) groups excluding carboxylic acids is 1. The normalized spacial score (nSPS) is 23.1. The number of benzene rings is 1. The number of likely N-dealkylation sites (tertiary alicyclic amines) is 1. The summed E-state index contributed by atoms with van der Waals surface area (Å²) in [6.45, 7) is 5.16. The zero-order valence-electron chi connectivity index (χ0n) is 13.5. The van der Waals surface area contributed by atoms with Crippen LogP contribution in [-0.2, 0) is 16.1 Å². The molecule has 1 N–H and O–H groups in total. The number of hydrogen-bond acceptors (Lipinski definition) is 3. The lowest BCUT2D eigenvalue weighted by molar-refractivity contribution is -0.125. The SMILES string of the molecule is O=C(NCC1CCN(Cc2ccccc2Cl)CC1)[C@H]1CCOC1. The second kappa shape index (κ2) is 8.13. The Hall–Kier alpha value is -1.10. The molecular weight excluding hydrogens is 312 g/mol. The van der Waals surface area contributed by atoms with Crippen molar-refractivity contribution in [2.75, 3.05) is 32.8 Å². The molecule has 3 rings (SSSR count). The maximum atomic E-state index is 12.0. The number of nitrogens with one attached hydrogen (secondary N) is 1. The van der Waals surface area contributed by atoms with Gasteiger partial charge in [0.2, 0.25) is 5.91 Å². The lowest BCUT2D eigenvalue weighted by Crippen LogP contribution is -2.40. The fourth-order valence-corrected chi connectivity index (χ4v) is 3.54. The zero-order chi connectivity index (χ0) is 16.1. The van der Waals surface area contributed by atoms with Gasteiger partial charge in [-0.3, -0.25) is 9.69 Å². The number of hydrogen-bond donors (Lipinski definition) is 1. The molecule has 2 heterocycles. The highest BCUT2D eigenvalue weighted by molar-refractivity contribution is 6.31. The van der Waals surface area contributed by atoms with Crippen molar-refractivity contribution in [1.29, 1.82) is 0 Å². The summed E-state index contributed by atoms with van der Waals surface area (Å²) >= 11 is 6.23. The topological polar surface area (TPSA) is 41.6 Å². The van der Waals surface area contributed by atoms with Crippen LogP contribution in [0.5, 0.6) is 0 Å². The third-order valence-electron chi connectivity index (χ3n) is 4.92. The standard InChI is InChI=1S/C18H25ClN2O2/c19-17-4-2-1-3-15(17)12-21-8-5-14(6-9-21)11-20-18(22)16-7-10-23-13-16/h1-4,14,16H,5-13H2,(H,20,22)/t16-/m0/s1. The fraction of sp³-hybridized carbons (Fsp3) is 0.611. The molecule has 2 aliphatic rings. The molecule has 23 heavy (non-hydrogen) atoms. The Morgan fingerprint density at radius 2 is 2.04 bits per heavy atom. The molecule has 1 atom stereocenters. The van der Waals surface area contributed by atoms with Gasteiger partial charge in [0.25, 0.3) is 0 Å². The van der Waals surface area contributed by atoms with Crippen LogP contribution >= 0.6 is 11.6 Å². The van der Waals surface area contributed by atoms with Gasteiger partial charge < -0.3 is 10.1 Å². The molecule has 0 saturated carbocycles. The second-order valence-electron chi connectivity index (χ2n) is 6.62. The van der Waals surface area contributed by atoms with Crippen molar-refractivity contribution >= 4 is 17.5 Å². The molecule has 0 aliphatic carbocycles. The summed E-state index contributed by atoms with van der Waals surface area (Å²) in [7, 11) is 0. The van der Waals surface area contributed by atoms with Gasteiger partial charge in [-0.05, 0) is 49.9 Å². The number of nitrogens with zero attached hydrogens (tertiary/aromatic N) is 1. The Balaban J connectivity index is 1.38. The van der Waals surface area contributed by atoms with E-state index in [1.165, 1.54) is 5.56 Å². The van der Waals surface area contributed by atoms with Crippen LogP contribution < -0.4 is 5.32 Å². The summed E-state index contributed by atoms with van der Waals surface area (Å²) in [4.78, 5) is 14.5. The molecule has 5 heteroatoms. The van der Waals surface area contributed by atoms with E-state index in [-0.39, 0.29) is 11.8 Å². The molecule has 0 unspecified atom stereocenters. The van der Waals surface area contributed by atoms with Crippen LogP contribution in [-0.4, -0.2) is 43.7 Å². The summed E-state index contributed by atoms with van der Waals surface area (Å²) in [6.07, 6.45) is 3.12. The molecule has 0 radical (unpaired) electrons. The molecule has 126 valence electrons. The van der Waals surface area contributed by atoms with E-state index in [9.17, 15) is 4.79 Å². The van der Waals surface area contributed by atoms with Crippen molar-refractivity contribution in [3.05, 3.63) is 34.9 Å². The van der Waals surface area contributed by atoms with E-state index >= 15 is 0 Å². The maximum absolute atomic E-state index is 12.0. The Morgan fingerprint density at radius 3 is 2.74 bits per heavy atom. The highest BCUT2D eigenvalue weighted by Gasteiger charge is 2.25. The average molecular weight is 337 g/mol. The molecule has 0 spiro atoms. The Labute approximate surface area is 143 Å². The predicted octanol–water partition coefficient (Wildman–Crippen LogP) is 2.70. The van der Waals surface area contributed by atoms with Crippen LogP contribution in [0.15, 0.2) is 24.3 Å². The van der Waals surface area contributed by atoms with Gasteiger partial charge in [0.15, 0.2) is 0 Å². The van der Waals surface area contributed by atoms with Gasteiger partial charge in [-0.1, -0.05) is 29.8 Å². The van der Waals surface area contributed by atoms with E-state index in [2.05, 4.69) is 16.3 Å². The predicted molar refractivity (Wildman–Crippen MR) is 91.4 cm³/mol. The second-order valence-corrected chi connectivity index (χ2v) is 7.02. The third-order valence-corrected chi connectivity index (χ3v) is 5.29. The lowest BCUT2D eigenvalue weighted by atomic mass is 9.96. The van der Waals surface area contributed by atoms with Crippen LogP contribution in [0.4, 0.5) is 0 Å². The van der Waals surface area contributed by atoms with Gasteiger partial charge in [-0.25, -0.2) is 0 Å². The molecular formula is C18H25ClN2O2. The molecule has 2 fully saturated rings. The summed E-state index contributed by atoms with van der Waals surface area (Å²) in [5, 5.41) is 3.96. The highest BCUT2D eigenvalue weighted by Crippen LogP contribution is 2.22. The van der Waals surface area contributed by atoms with Gasteiger partial charge >= 0.3 is 0 Å². The van der Waals surface area contributed by atoms with Crippen LogP contribution in [0, 0.1) is 11.8 Å². The van der Waals surface area contributed by atoms with E-state index in [0.29, 0.717) is 12.5 Å². The van der Waals surface area contributed by atoms with Crippen LogP contribution in [0.1, 0.15) is 24.8 Å². The molecule has 2 aliphatic heterocycles. The van der Waals surface area contributed by atoms with E-state index in [1.54, 1.807) is 0 Å². The summed E-state index contributed by atoms with van der Waals surface area (Å²) < 4.78 is 5.27. The van der Waals surface area contributed by atoms with E-state index in [0.717, 1.165) is 57.1 Å². The minimum absolute atomic E-state index is 0.0651. The zero-order valence-corrected chi connectivity index (χ0v) is 14.2. The largest absolute Gasteiger partial charge is 0.381 e. The fourth-order valence-electron chi connectivity index (χ4n) is 3.35. The first-order chi connectivity index (χ1) is 11.2. The first-order valence-corrected chi connectivity index (χ1v) is 8.91. The summed E-state index contributed by atoms with van der Waals surface area (Å²) in [6, 6.07) is 8.05.